The Hall–Kier alpha value is -0.0800. The Bertz CT molecular complexity index is 685. The molecular formula is C10H6Br2ClNO2S2. The minimum atomic E-state index is -3.56. The van der Waals surface area contributed by atoms with Crippen molar-refractivity contribution in [1.29, 1.82) is 0 Å². The zero-order chi connectivity index (χ0) is 13.3. The maximum absolute atomic E-state index is 12.1. The van der Waals surface area contributed by atoms with E-state index >= 15 is 0 Å². The van der Waals surface area contributed by atoms with Gasteiger partial charge in [-0.15, -0.1) is 11.3 Å². The van der Waals surface area contributed by atoms with Gasteiger partial charge in [0.15, 0.2) is 0 Å². The van der Waals surface area contributed by atoms with E-state index in [1.54, 1.807) is 30.3 Å². The van der Waals surface area contributed by atoms with Crippen LogP contribution in [0.25, 0.3) is 0 Å². The number of rotatable bonds is 3. The zero-order valence-corrected chi connectivity index (χ0v) is 14.2. The molecule has 0 bridgehead atoms. The van der Waals surface area contributed by atoms with Gasteiger partial charge in [0.05, 0.1) is 9.47 Å². The molecule has 0 fully saturated rings. The van der Waals surface area contributed by atoms with E-state index in [0.717, 1.165) is 15.1 Å². The monoisotopic (exact) mass is 429 g/mol. The number of nitrogens with one attached hydrogen (secondary N) is 1. The number of halogens is 3. The largest absolute Gasteiger partial charge is 0.278 e. The molecular weight excluding hydrogens is 426 g/mol. The summed E-state index contributed by atoms with van der Waals surface area (Å²) in [5.74, 6) is 0. The van der Waals surface area contributed by atoms with Gasteiger partial charge in [-0.2, -0.15) is 0 Å². The third-order valence-electron chi connectivity index (χ3n) is 1.99. The van der Waals surface area contributed by atoms with Crippen molar-refractivity contribution in [2.45, 2.75) is 4.21 Å². The van der Waals surface area contributed by atoms with Gasteiger partial charge in [-0.1, -0.05) is 11.6 Å². The van der Waals surface area contributed by atoms with Crippen LogP contribution in [0.4, 0.5) is 5.69 Å². The second kappa shape index (κ2) is 5.50. The summed E-state index contributed by atoms with van der Waals surface area (Å²) in [6.45, 7) is 0. The van der Waals surface area contributed by atoms with Gasteiger partial charge in [-0.3, -0.25) is 4.72 Å². The van der Waals surface area contributed by atoms with Crippen molar-refractivity contribution < 1.29 is 8.42 Å². The van der Waals surface area contributed by atoms with Crippen LogP contribution in [0.5, 0.6) is 0 Å². The van der Waals surface area contributed by atoms with Crippen LogP contribution in [0, 0.1) is 0 Å². The first-order valence-corrected chi connectivity index (χ1v) is 8.88. The van der Waals surface area contributed by atoms with Gasteiger partial charge >= 0.3 is 0 Å². The number of anilines is 1. The molecule has 1 N–H and O–H groups in total. The summed E-state index contributed by atoms with van der Waals surface area (Å²) in [5.41, 5.74) is 0.448. The average molecular weight is 432 g/mol. The number of thiophene rings is 1. The first-order chi connectivity index (χ1) is 8.38. The van der Waals surface area contributed by atoms with Crippen molar-refractivity contribution in [3.63, 3.8) is 0 Å². The van der Waals surface area contributed by atoms with Crippen LogP contribution in [0.2, 0.25) is 5.02 Å². The van der Waals surface area contributed by atoms with Gasteiger partial charge in [0.25, 0.3) is 10.0 Å². The molecule has 2 aromatic rings. The van der Waals surface area contributed by atoms with E-state index in [0.29, 0.717) is 15.2 Å². The molecule has 0 spiro atoms. The summed E-state index contributed by atoms with van der Waals surface area (Å²) in [7, 11) is -3.56. The van der Waals surface area contributed by atoms with E-state index < -0.39 is 10.0 Å². The molecule has 96 valence electrons. The highest BCUT2D eigenvalue weighted by Gasteiger charge is 2.17. The number of sulfonamides is 1. The lowest BCUT2D eigenvalue weighted by Gasteiger charge is -2.08. The summed E-state index contributed by atoms with van der Waals surface area (Å²) in [6, 6.07) is 8.09. The fraction of sp³-hybridized carbons (Fsp3) is 0. The SMILES string of the molecule is O=S(=O)(Nc1ccc(Cl)cc1Br)c1ccc(Br)s1. The molecule has 1 aromatic heterocycles. The Morgan fingerprint density at radius 3 is 2.44 bits per heavy atom. The summed E-state index contributed by atoms with van der Waals surface area (Å²) in [6.07, 6.45) is 0. The number of hydrogen-bond acceptors (Lipinski definition) is 3. The summed E-state index contributed by atoms with van der Waals surface area (Å²) >= 11 is 13.4. The second-order valence-electron chi connectivity index (χ2n) is 3.29. The van der Waals surface area contributed by atoms with E-state index in [9.17, 15) is 8.42 Å². The third kappa shape index (κ3) is 3.27. The Labute approximate surface area is 130 Å². The molecule has 0 atom stereocenters. The van der Waals surface area contributed by atoms with E-state index in [1.807, 2.05) is 0 Å². The maximum Gasteiger partial charge on any atom is 0.271 e. The standard InChI is InChI=1S/C10H6Br2ClNO2S2/c11-7-5-6(13)1-2-8(7)14-18(15,16)10-4-3-9(12)17-10/h1-5,14H. The highest BCUT2D eigenvalue weighted by atomic mass is 79.9. The predicted octanol–water partition coefficient (Wildman–Crippen LogP) is 4.73. The molecule has 0 saturated heterocycles. The van der Waals surface area contributed by atoms with Crippen molar-refractivity contribution in [2.75, 3.05) is 4.72 Å². The Kier molecular flexibility index (Phi) is 4.38. The molecule has 2 rings (SSSR count). The molecule has 1 heterocycles. The lowest BCUT2D eigenvalue weighted by atomic mass is 10.3. The summed E-state index contributed by atoms with van der Waals surface area (Å²) in [4.78, 5) is 0. The molecule has 0 unspecified atom stereocenters. The van der Waals surface area contributed by atoms with Crippen molar-refractivity contribution in [1.82, 2.24) is 0 Å². The minimum absolute atomic E-state index is 0.247. The van der Waals surface area contributed by atoms with Crippen molar-refractivity contribution in [3.8, 4) is 0 Å². The zero-order valence-electron chi connectivity index (χ0n) is 8.65. The molecule has 8 heteroatoms. The van der Waals surface area contributed by atoms with E-state index in [4.69, 9.17) is 11.6 Å². The van der Waals surface area contributed by atoms with E-state index in [-0.39, 0.29) is 4.21 Å². The number of hydrogen-bond donors (Lipinski definition) is 1. The van der Waals surface area contributed by atoms with Crippen LogP contribution in [0.3, 0.4) is 0 Å². The van der Waals surface area contributed by atoms with Gasteiger partial charge < -0.3 is 0 Å². The van der Waals surface area contributed by atoms with Crippen LogP contribution in [-0.2, 0) is 10.0 Å². The topological polar surface area (TPSA) is 46.2 Å². The van der Waals surface area contributed by atoms with Crippen molar-refractivity contribution in [3.05, 3.63) is 43.6 Å². The average Bonchev–Trinajstić information content (AvgIpc) is 2.70. The quantitative estimate of drug-likeness (QED) is 0.764. The van der Waals surface area contributed by atoms with Crippen LogP contribution in [-0.4, -0.2) is 8.42 Å². The first kappa shape index (κ1) is 14.3. The fourth-order valence-corrected chi connectivity index (χ4v) is 5.21. The van der Waals surface area contributed by atoms with E-state index in [1.165, 1.54) is 0 Å². The molecule has 18 heavy (non-hydrogen) atoms. The molecule has 1 aromatic carbocycles. The fourth-order valence-electron chi connectivity index (χ4n) is 1.21. The van der Waals surface area contributed by atoms with Gasteiger partial charge in [-0.25, -0.2) is 8.42 Å². The number of benzene rings is 1. The highest BCUT2D eigenvalue weighted by Crippen LogP contribution is 2.31. The second-order valence-corrected chi connectivity index (χ2v) is 8.95. The highest BCUT2D eigenvalue weighted by molar-refractivity contribution is 9.11. The Morgan fingerprint density at radius 2 is 1.89 bits per heavy atom. The van der Waals surface area contributed by atoms with Crippen LogP contribution < -0.4 is 4.72 Å². The van der Waals surface area contributed by atoms with Crippen LogP contribution in [0.1, 0.15) is 0 Å². The van der Waals surface area contributed by atoms with Crippen LogP contribution >= 0.6 is 54.8 Å². The Balaban J connectivity index is 2.33. The first-order valence-electron chi connectivity index (χ1n) is 4.62. The third-order valence-corrected chi connectivity index (χ3v) is 6.36. The normalized spacial score (nSPS) is 11.5. The van der Waals surface area contributed by atoms with E-state index in [2.05, 4.69) is 36.6 Å². The van der Waals surface area contributed by atoms with Gasteiger partial charge in [0.2, 0.25) is 0 Å². The minimum Gasteiger partial charge on any atom is -0.278 e. The lowest BCUT2D eigenvalue weighted by Crippen LogP contribution is -2.11. The van der Waals surface area contributed by atoms with Crippen molar-refractivity contribution in [2.24, 2.45) is 0 Å². The molecule has 0 aliphatic rings. The predicted molar refractivity (Wildman–Crippen MR) is 82.0 cm³/mol. The maximum atomic E-state index is 12.1. The van der Waals surface area contributed by atoms with Crippen molar-refractivity contribution >= 4 is 70.5 Å². The summed E-state index contributed by atoms with van der Waals surface area (Å²) < 4.78 is 28.3. The molecule has 0 amide bonds. The molecule has 0 saturated carbocycles. The lowest BCUT2D eigenvalue weighted by molar-refractivity contribution is 0.603. The Morgan fingerprint density at radius 1 is 1.17 bits per heavy atom. The van der Waals surface area contributed by atoms with Crippen LogP contribution in [0.15, 0.2) is 42.8 Å². The van der Waals surface area contributed by atoms with Gasteiger partial charge in [-0.05, 0) is 62.2 Å². The van der Waals surface area contributed by atoms with Gasteiger partial charge in [0, 0.05) is 9.50 Å². The summed E-state index contributed by atoms with van der Waals surface area (Å²) in [5, 5.41) is 0.531. The van der Waals surface area contributed by atoms with Gasteiger partial charge in [0.1, 0.15) is 4.21 Å². The molecule has 0 aliphatic carbocycles. The molecule has 3 nitrogen and oxygen atoms in total. The molecule has 0 radical (unpaired) electrons. The smallest absolute Gasteiger partial charge is 0.271 e. The molecule has 0 aliphatic heterocycles.